The summed E-state index contributed by atoms with van der Waals surface area (Å²) in [6.45, 7) is 4.67. The van der Waals surface area contributed by atoms with Gasteiger partial charge in [0, 0.05) is 6.54 Å². The predicted molar refractivity (Wildman–Crippen MR) is 52.4 cm³/mol. The second-order valence-corrected chi connectivity index (χ2v) is 3.28. The summed E-state index contributed by atoms with van der Waals surface area (Å²) in [6.07, 6.45) is 1.05. The lowest BCUT2D eigenvalue weighted by Gasteiger charge is -2.15. The molecule has 0 aliphatic carbocycles. The summed E-state index contributed by atoms with van der Waals surface area (Å²) in [5, 5.41) is 14.3. The summed E-state index contributed by atoms with van der Waals surface area (Å²) < 4.78 is 0. The third-order valence-corrected chi connectivity index (χ3v) is 2.17. The van der Waals surface area contributed by atoms with Crippen LogP contribution in [0.5, 0.6) is 0 Å². The van der Waals surface area contributed by atoms with E-state index in [0.717, 1.165) is 6.42 Å². The zero-order chi connectivity index (χ0) is 10.3. The molecule has 13 heavy (non-hydrogen) atoms. The van der Waals surface area contributed by atoms with Gasteiger partial charge in [0.25, 0.3) is 0 Å². The van der Waals surface area contributed by atoms with Gasteiger partial charge in [-0.25, -0.2) is 0 Å². The molecule has 78 valence electrons. The van der Waals surface area contributed by atoms with E-state index in [2.05, 4.69) is 24.5 Å². The lowest BCUT2D eigenvalue weighted by molar-refractivity contribution is -0.124. The number of nitrogens with one attached hydrogen (secondary N) is 2. The Morgan fingerprint density at radius 2 is 2.15 bits per heavy atom. The summed E-state index contributed by atoms with van der Waals surface area (Å²) in [5.41, 5.74) is 0. The molecule has 4 nitrogen and oxygen atoms in total. The Balaban J connectivity index is 3.72. The van der Waals surface area contributed by atoms with E-state index in [1.807, 2.05) is 0 Å². The fourth-order valence-corrected chi connectivity index (χ4v) is 0.848. The van der Waals surface area contributed by atoms with Gasteiger partial charge >= 0.3 is 0 Å². The molecule has 3 N–H and O–H groups in total. The standard InChI is InChI=1S/C9H20N2O2/c1-4-7(2)5-11-9(13)8(6-12)10-3/h7-8,10,12H,4-6H2,1-3H3,(H,11,13)/t7?,8-/m0/s1. The second-order valence-electron chi connectivity index (χ2n) is 3.28. The summed E-state index contributed by atoms with van der Waals surface area (Å²) in [6, 6.07) is -0.482. The van der Waals surface area contributed by atoms with Crippen molar-refractivity contribution in [3.05, 3.63) is 0 Å². The van der Waals surface area contributed by atoms with Crippen molar-refractivity contribution in [2.45, 2.75) is 26.3 Å². The number of rotatable bonds is 6. The van der Waals surface area contributed by atoms with Crippen LogP contribution in [-0.2, 0) is 4.79 Å². The van der Waals surface area contributed by atoms with E-state index >= 15 is 0 Å². The minimum atomic E-state index is -0.482. The summed E-state index contributed by atoms with van der Waals surface area (Å²) >= 11 is 0. The first kappa shape index (κ1) is 12.4. The molecular formula is C9H20N2O2. The Labute approximate surface area is 79.7 Å². The van der Waals surface area contributed by atoms with Crippen molar-refractivity contribution < 1.29 is 9.90 Å². The van der Waals surface area contributed by atoms with Crippen LogP contribution in [0.2, 0.25) is 0 Å². The number of aliphatic hydroxyl groups is 1. The van der Waals surface area contributed by atoms with Crippen LogP contribution in [0, 0.1) is 5.92 Å². The van der Waals surface area contributed by atoms with E-state index in [4.69, 9.17) is 5.11 Å². The van der Waals surface area contributed by atoms with E-state index < -0.39 is 6.04 Å². The number of likely N-dealkylation sites (N-methyl/N-ethyl adjacent to an activating group) is 1. The zero-order valence-corrected chi connectivity index (χ0v) is 8.63. The van der Waals surface area contributed by atoms with E-state index in [1.165, 1.54) is 0 Å². The van der Waals surface area contributed by atoms with Gasteiger partial charge in [-0.05, 0) is 13.0 Å². The normalized spacial score (nSPS) is 15.1. The number of carbonyl (C=O) groups is 1. The van der Waals surface area contributed by atoms with Crippen molar-refractivity contribution in [2.75, 3.05) is 20.2 Å². The number of amides is 1. The van der Waals surface area contributed by atoms with Gasteiger partial charge in [-0.15, -0.1) is 0 Å². The topological polar surface area (TPSA) is 61.4 Å². The van der Waals surface area contributed by atoms with Crippen molar-refractivity contribution in [2.24, 2.45) is 5.92 Å². The molecule has 0 fully saturated rings. The Bertz CT molecular complexity index is 147. The second kappa shape index (κ2) is 6.86. The average molecular weight is 188 g/mol. The molecule has 0 aliphatic heterocycles. The quantitative estimate of drug-likeness (QED) is 0.537. The molecule has 1 unspecified atom stereocenters. The summed E-state index contributed by atoms with van der Waals surface area (Å²) in [4.78, 5) is 11.3. The Kier molecular flexibility index (Phi) is 6.54. The number of aliphatic hydroxyl groups excluding tert-OH is 1. The summed E-state index contributed by atoms with van der Waals surface area (Å²) in [7, 11) is 1.66. The predicted octanol–water partition coefficient (Wildman–Crippen LogP) is -0.271. The van der Waals surface area contributed by atoms with Gasteiger partial charge in [-0.1, -0.05) is 20.3 Å². The van der Waals surface area contributed by atoms with Gasteiger partial charge in [-0.3, -0.25) is 4.79 Å². The smallest absolute Gasteiger partial charge is 0.239 e. The minimum Gasteiger partial charge on any atom is -0.394 e. The van der Waals surface area contributed by atoms with Crippen LogP contribution in [0.3, 0.4) is 0 Å². The fraction of sp³-hybridized carbons (Fsp3) is 0.889. The van der Waals surface area contributed by atoms with Crippen molar-refractivity contribution >= 4 is 5.91 Å². The van der Waals surface area contributed by atoms with Crippen LogP contribution in [0.15, 0.2) is 0 Å². The molecule has 0 spiro atoms. The first-order chi connectivity index (χ1) is 6.15. The highest BCUT2D eigenvalue weighted by Crippen LogP contribution is 1.97. The lowest BCUT2D eigenvalue weighted by Crippen LogP contribution is -2.46. The molecule has 0 heterocycles. The monoisotopic (exact) mass is 188 g/mol. The van der Waals surface area contributed by atoms with Crippen LogP contribution in [0.25, 0.3) is 0 Å². The Morgan fingerprint density at radius 3 is 2.54 bits per heavy atom. The average Bonchev–Trinajstić information content (AvgIpc) is 2.16. The van der Waals surface area contributed by atoms with Crippen molar-refractivity contribution in [1.29, 1.82) is 0 Å². The minimum absolute atomic E-state index is 0.134. The maximum Gasteiger partial charge on any atom is 0.239 e. The van der Waals surface area contributed by atoms with Crippen LogP contribution < -0.4 is 10.6 Å². The van der Waals surface area contributed by atoms with Crippen LogP contribution in [0.4, 0.5) is 0 Å². The zero-order valence-electron chi connectivity index (χ0n) is 8.63. The van der Waals surface area contributed by atoms with Crippen molar-refractivity contribution in [3.8, 4) is 0 Å². The van der Waals surface area contributed by atoms with Crippen molar-refractivity contribution in [3.63, 3.8) is 0 Å². The van der Waals surface area contributed by atoms with Gasteiger partial charge in [0.2, 0.25) is 5.91 Å². The van der Waals surface area contributed by atoms with E-state index in [9.17, 15) is 4.79 Å². The molecule has 0 aromatic rings. The van der Waals surface area contributed by atoms with E-state index in [1.54, 1.807) is 7.05 Å². The molecule has 0 rings (SSSR count). The van der Waals surface area contributed by atoms with Gasteiger partial charge < -0.3 is 15.7 Å². The van der Waals surface area contributed by atoms with Gasteiger partial charge in [0.15, 0.2) is 0 Å². The SMILES string of the molecule is CCC(C)CNC(=O)[C@H](CO)NC. The third-order valence-electron chi connectivity index (χ3n) is 2.17. The highest BCUT2D eigenvalue weighted by Gasteiger charge is 2.14. The molecule has 4 heteroatoms. The van der Waals surface area contributed by atoms with Crippen molar-refractivity contribution in [1.82, 2.24) is 10.6 Å². The fourth-order valence-electron chi connectivity index (χ4n) is 0.848. The first-order valence-electron chi connectivity index (χ1n) is 4.71. The van der Waals surface area contributed by atoms with Crippen LogP contribution >= 0.6 is 0 Å². The molecule has 0 aromatic heterocycles. The van der Waals surface area contributed by atoms with Crippen LogP contribution in [-0.4, -0.2) is 37.3 Å². The molecule has 1 amide bonds. The molecular weight excluding hydrogens is 168 g/mol. The molecule has 0 saturated carbocycles. The highest BCUT2D eigenvalue weighted by atomic mass is 16.3. The molecule has 2 atom stereocenters. The van der Waals surface area contributed by atoms with E-state index in [-0.39, 0.29) is 12.5 Å². The van der Waals surface area contributed by atoms with E-state index in [0.29, 0.717) is 12.5 Å². The maximum absolute atomic E-state index is 11.3. The number of hydrogen-bond donors (Lipinski definition) is 3. The number of carbonyl (C=O) groups excluding carboxylic acids is 1. The first-order valence-corrected chi connectivity index (χ1v) is 4.71. The Morgan fingerprint density at radius 1 is 1.54 bits per heavy atom. The largest absolute Gasteiger partial charge is 0.394 e. The molecule has 0 bridgehead atoms. The third kappa shape index (κ3) is 4.85. The Hall–Kier alpha value is -0.610. The lowest BCUT2D eigenvalue weighted by atomic mass is 10.1. The maximum atomic E-state index is 11.3. The molecule has 0 aromatic carbocycles. The molecule has 0 aliphatic rings. The van der Waals surface area contributed by atoms with Gasteiger partial charge in [0.05, 0.1) is 6.61 Å². The molecule has 0 radical (unpaired) electrons. The van der Waals surface area contributed by atoms with Gasteiger partial charge in [0.1, 0.15) is 6.04 Å². The molecule has 0 saturated heterocycles. The number of hydrogen-bond acceptors (Lipinski definition) is 3. The van der Waals surface area contributed by atoms with Crippen LogP contribution in [0.1, 0.15) is 20.3 Å². The highest BCUT2D eigenvalue weighted by molar-refractivity contribution is 5.81. The van der Waals surface area contributed by atoms with Gasteiger partial charge in [-0.2, -0.15) is 0 Å². The summed E-state index contributed by atoms with van der Waals surface area (Å²) in [5.74, 6) is 0.352.